The van der Waals surface area contributed by atoms with Crippen LogP contribution in [0.25, 0.3) is 0 Å². The molecule has 0 atom stereocenters. The van der Waals surface area contributed by atoms with Gasteiger partial charge in [0, 0.05) is 6.08 Å². The van der Waals surface area contributed by atoms with Crippen LogP contribution >= 0.6 is 0 Å². The molecule has 2 heteroatoms. The van der Waals surface area contributed by atoms with Crippen LogP contribution in [-0.4, -0.2) is 11.1 Å². The van der Waals surface area contributed by atoms with Crippen LogP contribution in [0.5, 0.6) is 0 Å². The van der Waals surface area contributed by atoms with Gasteiger partial charge in [0.05, 0.1) is 0 Å². The number of hydrogen-bond donors (Lipinski definition) is 1. The first-order chi connectivity index (χ1) is 4.81. The van der Waals surface area contributed by atoms with Crippen molar-refractivity contribution in [2.75, 3.05) is 0 Å². The Kier molecular flexibility index (Phi) is 3.30. The minimum absolute atomic E-state index is 0.177. The topological polar surface area (TPSA) is 37.3 Å². The Hall–Kier alpha value is -0.790. The van der Waals surface area contributed by atoms with Crippen molar-refractivity contribution in [3.8, 4) is 0 Å². The summed E-state index contributed by atoms with van der Waals surface area (Å²) in [5, 5.41) is 8.40. The van der Waals surface area contributed by atoms with Gasteiger partial charge in [0.1, 0.15) is 0 Å². The molecule has 11 heavy (non-hydrogen) atoms. The molecule has 0 aromatic heterocycles. The van der Waals surface area contributed by atoms with Gasteiger partial charge in [0.25, 0.3) is 0 Å². The van der Waals surface area contributed by atoms with Gasteiger partial charge in [-0.1, -0.05) is 26.3 Å². The number of rotatable bonds is 2. The van der Waals surface area contributed by atoms with E-state index in [0.717, 1.165) is 12.0 Å². The third kappa shape index (κ3) is 7.10. The predicted molar refractivity (Wildman–Crippen MR) is 45.5 cm³/mol. The van der Waals surface area contributed by atoms with Crippen LogP contribution in [0.2, 0.25) is 0 Å². The molecule has 64 valence electrons. The second-order valence-electron chi connectivity index (χ2n) is 4.07. The lowest BCUT2D eigenvalue weighted by Crippen LogP contribution is -2.05. The maximum Gasteiger partial charge on any atom is 0.328 e. The minimum Gasteiger partial charge on any atom is -0.478 e. The summed E-state index contributed by atoms with van der Waals surface area (Å²) in [4.78, 5) is 10.2. The number of allylic oxidation sites excluding steroid dienone is 1. The normalized spacial score (nSPS) is 13.3. The van der Waals surface area contributed by atoms with Gasteiger partial charge in [-0.25, -0.2) is 4.79 Å². The molecule has 0 unspecified atom stereocenters. The molecule has 0 aromatic rings. The maximum atomic E-state index is 10.2. The van der Waals surface area contributed by atoms with E-state index < -0.39 is 5.97 Å². The zero-order chi connectivity index (χ0) is 9.07. The number of hydrogen-bond acceptors (Lipinski definition) is 1. The van der Waals surface area contributed by atoms with Gasteiger partial charge in [0.2, 0.25) is 0 Å². The molecule has 0 radical (unpaired) electrons. The smallest absolute Gasteiger partial charge is 0.328 e. The van der Waals surface area contributed by atoms with Crippen LogP contribution in [0.15, 0.2) is 11.6 Å². The van der Waals surface area contributed by atoms with Gasteiger partial charge in [-0.15, -0.1) is 0 Å². The number of aliphatic carboxylic acids is 1. The molecule has 0 aromatic carbocycles. The lowest BCUT2D eigenvalue weighted by atomic mass is 9.88. The highest BCUT2D eigenvalue weighted by molar-refractivity contribution is 5.80. The van der Waals surface area contributed by atoms with E-state index in [1.54, 1.807) is 0 Å². The zero-order valence-electron chi connectivity index (χ0n) is 7.64. The highest BCUT2D eigenvalue weighted by atomic mass is 16.4. The van der Waals surface area contributed by atoms with Gasteiger partial charge < -0.3 is 5.11 Å². The lowest BCUT2D eigenvalue weighted by molar-refractivity contribution is -0.131. The van der Waals surface area contributed by atoms with Crippen LogP contribution in [0, 0.1) is 5.41 Å². The van der Waals surface area contributed by atoms with Gasteiger partial charge in [-0.2, -0.15) is 0 Å². The number of carboxylic acid groups (broad SMARTS) is 1. The molecular weight excluding hydrogens is 140 g/mol. The molecule has 0 saturated carbocycles. The van der Waals surface area contributed by atoms with Crippen molar-refractivity contribution in [3.63, 3.8) is 0 Å². The standard InChI is InChI=1S/C9H16O2/c1-7(5-8(10)11)6-9(2,3)4/h5H,6H2,1-4H3,(H,10,11)/b7-5+. The van der Waals surface area contributed by atoms with Gasteiger partial charge >= 0.3 is 5.97 Å². The van der Waals surface area contributed by atoms with Crippen molar-refractivity contribution < 1.29 is 9.90 Å². The number of carbonyl (C=O) groups is 1. The van der Waals surface area contributed by atoms with Crippen molar-refractivity contribution in [2.24, 2.45) is 5.41 Å². The third-order valence-corrected chi connectivity index (χ3v) is 1.18. The van der Waals surface area contributed by atoms with Crippen LogP contribution < -0.4 is 0 Å². The molecule has 2 nitrogen and oxygen atoms in total. The van der Waals surface area contributed by atoms with Crippen molar-refractivity contribution >= 4 is 5.97 Å². The van der Waals surface area contributed by atoms with Gasteiger partial charge in [-0.3, -0.25) is 0 Å². The molecule has 0 saturated heterocycles. The summed E-state index contributed by atoms with van der Waals surface area (Å²) in [5.41, 5.74) is 1.10. The predicted octanol–water partition coefficient (Wildman–Crippen LogP) is 2.45. The van der Waals surface area contributed by atoms with Crippen molar-refractivity contribution in [2.45, 2.75) is 34.1 Å². The largest absolute Gasteiger partial charge is 0.478 e. The SMILES string of the molecule is C/C(=C\C(=O)O)CC(C)(C)C. The second-order valence-corrected chi connectivity index (χ2v) is 4.07. The maximum absolute atomic E-state index is 10.2. The summed E-state index contributed by atoms with van der Waals surface area (Å²) in [6.07, 6.45) is 2.10. The average molecular weight is 156 g/mol. The minimum atomic E-state index is -0.855. The van der Waals surface area contributed by atoms with E-state index in [9.17, 15) is 4.79 Å². The Labute approximate surface area is 67.9 Å². The lowest BCUT2D eigenvalue weighted by Gasteiger charge is -2.17. The Morgan fingerprint density at radius 1 is 1.45 bits per heavy atom. The van der Waals surface area contributed by atoms with Crippen LogP contribution in [0.1, 0.15) is 34.1 Å². The van der Waals surface area contributed by atoms with Crippen LogP contribution in [-0.2, 0) is 4.79 Å². The molecule has 0 heterocycles. The van der Waals surface area contributed by atoms with Crippen molar-refractivity contribution in [3.05, 3.63) is 11.6 Å². The van der Waals surface area contributed by atoms with Crippen LogP contribution in [0.4, 0.5) is 0 Å². The highest BCUT2D eigenvalue weighted by Gasteiger charge is 2.10. The molecule has 0 aliphatic carbocycles. The molecule has 0 rings (SSSR count). The molecular formula is C9H16O2. The summed E-state index contributed by atoms with van der Waals surface area (Å²) in [7, 11) is 0. The molecule has 0 fully saturated rings. The molecule has 0 aliphatic heterocycles. The van der Waals surface area contributed by atoms with E-state index in [-0.39, 0.29) is 5.41 Å². The molecule has 0 spiro atoms. The van der Waals surface area contributed by atoms with E-state index in [2.05, 4.69) is 20.8 Å². The first-order valence-electron chi connectivity index (χ1n) is 3.71. The second kappa shape index (κ2) is 3.56. The Morgan fingerprint density at radius 3 is 2.18 bits per heavy atom. The molecule has 0 bridgehead atoms. The Bertz CT molecular complexity index is 172. The van der Waals surface area contributed by atoms with E-state index in [0.29, 0.717) is 0 Å². The summed E-state index contributed by atoms with van der Waals surface area (Å²) >= 11 is 0. The first kappa shape index (κ1) is 10.2. The fourth-order valence-electron chi connectivity index (χ4n) is 1.10. The fourth-order valence-corrected chi connectivity index (χ4v) is 1.10. The summed E-state index contributed by atoms with van der Waals surface area (Å²) < 4.78 is 0. The highest BCUT2D eigenvalue weighted by Crippen LogP contribution is 2.23. The quantitative estimate of drug-likeness (QED) is 0.623. The Morgan fingerprint density at radius 2 is 1.91 bits per heavy atom. The monoisotopic (exact) mass is 156 g/mol. The molecule has 1 N–H and O–H groups in total. The third-order valence-electron chi connectivity index (χ3n) is 1.18. The number of carboxylic acids is 1. The Balaban J connectivity index is 4.07. The summed E-state index contributed by atoms with van der Waals surface area (Å²) in [6.45, 7) is 8.12. The summed E-state index contributed by atoms with van der Waals surface area (Å²) in [5.74, 6) is -0.855. The van der Waals surface area contributed by atoms with Crippen molar-refractivity contribution in [1.29, 1.82) is 0 Å². The summed E-state index contributed by atoms with van der Waals surface area (Å²) in [6, 6.07) is 0. The molecule has 0 aliphatic rings. The van der Waals surface area contributed by atoms with E-state index >= 15 is 0 Å². The van der Waals surface area contributed by atoms with Gasteiger partial charge in [0.15, 0.2) is 0 Å². The van der Waals surface area contributed by atoms with Crippen molar-refractivity contribution in [1.82, 2.24) is 0 Å². The fraction of sp³-hybridized carbons (Fsp3) is 0.667. The van der Waals surface area contributed by atoms with Gasteiger partial charge in [-0.05, 0) is 18.8 Å². The molecule has 0 amide bonds. The van der Waals surface area contributed by atoms with E-state index in [1.807, 2.05) is 6.92 Å². The van der Waals surface area contributed by atoms with E-state index in [4.69, 9.17) is 5.11 Å². The average Bonchev–Trinajstić information content (AvgIpc) is 1.53. The van der Waals surface area contributed by atoms with E-state index in [1.165, 1.54) is 6.08 Å². The van der Waals surface area contributed by atoms with Crippen LogP contribution in [0.3, 0.4) is 0 Å². The zero-order valence-corrected chi connectivity index (χ0v) is 7.64. The first-order valence-corrected chi connectivity index (χ1v) is 3.71.